The number of halogens is 3. The van der Waals surface area contributed by atoms with Gasteiger partial charge in [0.15, 0.2) is 0 Å². The van der Waals surface area contributed by atoms with Gasteiger partial charge in [-0.1, -0.05) is 0 Å². The van der Waals surface area contributed by atoms with Crippen LogP contribution in [0.25, 0.3) is 0 Å². The quantitative estimate of drug-likeness (QED) is 0.372. The molecule has 1 saturated carbocycles. The van der Waals surface area contributed by atoms with Gasteiger partial charge in [0.2, 0.25) is 5.78 Å². The highest BCUT2D eigenvalue weighted by molar-refractivity contribution is 7.84. The largest absolute Gasteiger partial charge is 0.433 e. The van der Waals surface area contributed by atoms with Crippen molar-refractivity contribution in [3.05, 3.63) is 59.2 Å². The van der Waals surface area contributed by atoms with E-state index in [1.54, 1.807) is 0 Å². The molecule has 0 unspecified atom stereocenters. The van der Waals surface area contributed by atoms with Gasteiger partial charge < -0.3 is 5.11 Å². The van der Waals surface area contributed by atoms with Crippen LogP contribution >= 0.6 is 0 Å². The Morgan fingerprint density at radius 3 is 2.73 bits per heavy atom. The smallest absolute Gasteiger partial charge is 0.393 e. The van der Waals surface area contributed by atoms with Crippen LogP contribution in [0.15, 0.2) is 30.9 Å². The Morgan fingerprint density at radius 1 is 1.30 bits per heavy atom. The molecule has 200 valence electrons. The van der Waals surface area contributed by atoms with E-state index in [0.29, 0.717) is 25.0 Å². The second kappa shape index (κ2) is 10.3. The summed E-state index contributed by atoms with van der Waals surface area (Å²) in [5.74, 6) is -1.02. The van der Waals surface area contributed by atoms with Crippen molar-refractivity contribution in [2.75, 3.05) is 6.61 Å². The zero-order valence-electron chi connectivity index (χ0n) is 19.5. The second-order valence-electron chi connectivity index (χ2n) is 8.90. The van der Waals surface area contributed by atoms with Crippen LogP contribution in [0.3, 0.4) is 0 Å². The van der Waals surface area contributed by atoms with Crippen molar-refractivity contribution >= 4 is 16.1 Å². The molecule has 0 saturated heterocycles. The summed E-state index contributed by atoms with van der Waals surface area (Å²) in [4.78, 5) is 21.3. The molecule has 3 N–H and O–H groups in total. The number of carbonyl (C=O) groups excluding carboxylic acids is 1. The summed E-state index contributed by atoms with van der Waals surface area (Å²) in [5, 5.41) is 23.2. The molecule has 37 heavy (non-hydrogen) atoms. The molecule has 0 aliphatic heterocycles. The van der Waals surface area contributed by atoms with E-state index in [1.807, 2.05) is 0 Å². The van der Waals surface area contributed by atoms with Crippen LogP contribution in [0.1, 0.15) is 46.0 Å². The first kappa shape index (κ1) is 26.8. The molecule has 1 fully saturated rings. The lowest BCUT2D eigenvalue weighted by molar-refractivity contribution is -0.143. The predicted molar refractivity (Wildman–Crippen MR) is 120 cm³/mol. The molecule has 3 aromatic heterocycles. The molecule has 0 bridgehead atoms. The number of aryl methyl sites for hydroxylation is 1. The van der Waals surface area contributed by atoms with Crippen molar-refractivity contribution in [3.8, 4) is 0 Å². The molecule has 12 nitrogen and oxygen atoms in total. The first-order chi connectivity index (χ1) is 17.3. The summed E-state index contributed by atoms with van der Waals surface area (Å²) < 4.78 is 67.8. The number of aliphatic hydroxyl groups is 1. The van der Waals surface area contributed by atoms with Gasteiger partial charge in [-0.3, -0.25) is 18.3 Å². The highest BCUT2D eigenvalue weighted by Gasteiger charge is 2.36. The monoisotopic (exact) mass is 543 g/mol. The summed E-state index contributed by atoms with van der Waals surface area (Å²) in [7, 11) is -2.93. The minimum atomic E-state index is -4.54. The molecule has 1 aliphatic rings. The fraction of sp³-hybridized carbons (Fsp3) is 0.476. The first-order valence-electron chi connectivity index (χ1n) is 11.1. The molecular formula is C21H24F3N7O5S. The molecule has 3 aromatic rings. The number of nitrogens with zero attached hydrogens (tertiary/aromatic N) is 6. The standard InChI is InChI=1S/C21H24F3N7O5S/c1-30-19(21(22,23)24)7-14(28-30)9-31-3-2-16(29-31)20(33)15-8-26-11-27-17(15)5-12-4-13(18(32)6-12)10-36-37(25,34)35/h2-3,7-8,11-13,18,32H,4-6,9-10H2,1H3,(H2,25,34,35)/t12-,13+,18-/m0/s1. The summed E-state index contributed by atoms with van der Waals surface area (Å²) in [6, 6.07) is 2.36. The number of aromatic nitrogens is 6. The Morgan fingerprint density at radius 2 is 2.05 bits per heavy atom. The average molecular weight is 544 g/mol. The SMILES string of the molecule is Cn1nc(Cn2ccc(C(=O)c3cncnc3C[C@@H]3C[C@H](COS(N)(=O)=O)[C@@H](O)C3)n2)cc1C(F)(F)F. The topological polar surface area (TPSA) is 168 Å². The molecule has 0 radical (unpaired) electrons. The van der Waals surface area contributed by atoms with E-state index in [2.05, 4.69) is 24.3 Å². The summed E-state index contributed by atoms with van der Waals surface area (Å²) in [6.07, 6.45) is -0.125. The van der Waals surface area contributed by atoms with E-state index in [1.165, 1.54) is 36.5 Å². The van der Waals surface area contributed by atoms with Gasteiger partial charge in [0.25, 0.3) is 0 Å². The Hall–Kier alpha value is -3.21. The molecule has 3 atom stereocenters. The fourth-order valence-electron chi connectivity index (χ4n) is 4.47. The Bertz CT molecular complexity index is 1390. The molecule has 16 heteroatoms. The third-order valence-corrected chi connectivity index (χ3v) is 6.61. The van der Waals surface area contributed by atoms with Crippen molar-refractivity contribution < 1.29 is 35.7 Å². The van der Waals surface area contributed by atoms with Crippen LogP contribution in [0.4, 0.5) is 13.2 Å². The fourth-order valence-corrected chi connectivity index (χ4v) is 4.83. The van der Waals surface area contributed by atoms with Crippen molar-refractivity contribution in [1.82, 2.24) is 29.5 Å². The van der Waals surface area contributed by atoms with Crippen molar-refractivity contribution in [2.24, 2.45) is 24.0 Å². The van der Waals surface area contributed by atoms with Crippen LogP contribution in [-0.4, -0.2) is 61.5 Å². The number of ketones is 1. The average Bonchev–Trinajstić information content (AvgIpc) is 3.50. The number of hydrogen-bond acceptors (Lipinski definition) is 9. The summed E-state index contributed by atoms with van der Waals surface area (Å²) in [6.45, 7) is -0.318. The Kier molecular flexibility index (Phi) is 7.45. The van der Waals surface area contributed by atoms with Crippen LogP contribution in [0, 0.1) is 11.8 Å². The van der Waals surface area contributed by atoms with Crippen LogP contribution < -0.4 is 5.14 Å². The zero-order chi connectivity index (χ0) is 27.0. The number of aliphatic hydroxyl groups excluding tert-OH is 1. The third kappa shape index (κ3) is 6.57. The van der Waals surface area contributed by atoms with Crippen LogP contribution in [-0.2, 0) is 40.7 Å². The third-order valence-electron chi connectivity index (χ3n) is 6.14. The Labute approximate surface area is 209 Å². The van der Waals surface area contributed by atoms with E-state index in [-0.39, 0.29) is 36.0 Å². The van der Waals surface area contributed by atoms with Gasteiger partial charge >= 0.3 is 16.5 Å². The van der Waals surface area contributed by atoms with E-state index < -0.39 is 40.0 Å². The molecule has 4 rings (SSSR count). The van der Waals surface area contributed by atoms with Gasteiger partial charge in [-0.2, -0.15) is 31.8 Å². The van der Waals surface area contributed by atoms with Gasteiger partial charge in [-0.15, -0.1) is 0 Å². The number of nitrogens with two attached hydrogens (primary N) is 1. The van der Waals surface area contributed by atoms with Crippen molar-refractivity contribution in [3.63, 3.8) is 0 Å². The summed E-state index contributed by atoms with van der Waals surface area (Å²) >= 11 is 0. The van der Waals surface area contributed by atoms with E-state index >= 15 is 0 Å². The van der Waals surface area contributed by atoms with Gasteiger partial charge in [-0.25, -0.2) is 15.1 Å². The number of rotatable bonds is 9. The van der Waals surface area contributed by atoms with E-state index in [0.717, 1.165) is 10.7 Å². The lowest BCUT2D eigenvalue weighted by Gasteiger charge is -2.13. The number of hydrogen-bond donors (Lipinski definition) is 2. The molecule has 0 spiro atoms. The maximum atomic E-state index is 13.2. The first-order valence-corrected chi connectivity index (χ1v) is 12.6. The van der Waals surface area contributed by atoms with Gasteiger partial charge in [0, 0.05) is 25.4 Å². The maximum Gasteiger partial charge on any atom is 0.433 e. The van der Waals surface area contributed by atoms with E-state index in [4.69, 9.17) is 5.14 Å². The Balaban J connectivity index is 1.45. The molecular weight excluding hydrogens is 519 g/mol. The maximum absolute atomic E-state index is 13.2. The highest BCUT2D eigenvalue weighted by Crippen LogP contribution is 2.34. The zero-order valence-corrected chi connectivity index (χ0v) is 20.4. The van der Waals surface area contributed by atoms with Crippen LogP contribution in [0.5, 0.6) is 0 Å². The van der Waals surface area contributed by atoms with Gasteiger partial charge in [0.05, 0.1) is 36.2 Å². The number of carbonyl (C=O) groups is 1. The van der Waals surface area contributed by atoms with E-state index in [9.17, 15) is 31.5 Å². The van der Waals surface area contributed by atoms with Crippen LogP contribution in [0.2, 0.25) is 0 Å². The minimum absolute atomic E-state index is 0.0499. The highest BCUT2D eigenvalue weighted by atomic mass is 32.2. The molecule has 1 aliphatic carbocycles. The van der Waals surface area contributed by atoms with Crippen molar-refractivity contribution in [1.29, 1.82) is 0 Å². The molecule has 3 heterocycles. The van der Waals surface area contributed by atoms with Crippen molar-refractivity contribution in [2.45, 2.75) is 38.1 Å². The molecule has 0 amide bonds. The normalized spacial score (nSPS) is 20.4. The lowest BCUT2D eigenvalue weighted by atomic mass is 9.96. The van der Waals surface area contributed by atoms with Gasteiger partial charge in [0.1, 0.15) is 17.7 Å². The predicted octanol–water partition coefficient (Wildman–Crippen LogP) is 0.854. The summed E-state index contributed by atoms with van der Waals surface area (Å²) in [5.41, 5.74) is -0.0918. The number of alkyl halides is 3. The van der Waals surface area contributed by atoms with Gasteiger partial charge in [-0.05, 0) is 37.3 Å². The lowest BCUT2D eigenvalue weighted by Crippen LogP contribution is -2.24. The minimum Gasteiger partial charge on any atom is -0.393 e. The molecule has 0 aromatic carbocycles. The second-order valence-corrected chi connectivity index (χ2v) is 10.1.